The molecule has 5 N–H and O–H groups in total. The van der Waals surface area contributed by atoms with Gasteiger partial charge < -0.3 is 10.0 Å². The van der Waals surface area contributed by atoms with Crippen LogP contribution in [-0.4, -0.2) is 52.9 Å². The number of hydrogen-bond acceptors (Lipinski definition) is 4. The van der Waals surface area contributed by atoms with Crippen molar-refractivity contribution >= 4 is 15.8 Å². The molecular formula is C11H20N4O3S+2. The highest BCUT2D eigenvalue weighted by Crippen LogP contribution is 2.09. The monoisotopic (exact) mass is 288 g/mol. The number of aliphatic hydroxyl groups excluding tert-OH is 1. The summed E-state index contributed by atoms with van der Waals surface area (Å²) in [6.45, 7) is 4.67. The summed E-state index contributed by atoms with van der Waals surface area (Å²) < 4.78 is 22.3. The van der Waals surface area contributed by atoms with Gasteiger partial charge in [-0.3, -0.25) is 4.90 Å². The molecular weight excluding hydrogens is 268 g/mol. The number of primary sulfonamides is 1. The van der Waals surface area contributed by atoms with E-state index in [9.17, 15) is 8.42 Å². The molecule has 2 rings (SSSR count). The summed E-state index contributed by atoms with van der Waals surface area (Å²) in [6.07, 6.45) is 1.41. The Morgan fingerprint density at radius 3 is 2.53 bits per heavy atom. The Kier molecular flexibility index (Phi) is 4.35. The van der Waals surface area contributed by atoms with E-state index in [1.807, 2.05) is 0 Å². The molecule has 1 aliphatic heterocycles. The smallest absolute Gasteiger partial charge is 0.274 e. The van der Waals surface area contributed by atoms with Crippen molar-refractivity contribution in [3.63, 3.8) is 0 Å². The average molecular weight is 288 g/mol. The van der Waals surface area contributed by atoms with Crippen LogP contribution in [0.3, 0.4) is 0 Å². The summed E-state index contributed by atoms with van der Waals surface area (Å²) >= 11 is 0. The first kappa shape index (κ1) is 14.2. The van der Waals surface area contributed by atoms with E-state index in [1.165, 1.54) is 17.2 Å². The van der Waals surface area contributed by atoms with Gasteiger partial charge in [-0.25, -0.2) is 18.5 Å². The molecule has 1 saturated heterocycles. The average Bonchev–Trinajstić information content (AvgIpc) is 2.39. The largest absolute Gasteiger partial charge is 0.391 e. The molecule has 0 spiro atoms. The van der Waals surface area contributed by atoms with Crippen LogP contribution in [-0.2, 0) is 10.0 Å². The number of aliphatic hydroxyl groups is 1. The minimum Gasteiger partial charge on any atom is -0.391 e. The zero-order valence-electron chi connectivity index (χ0n) is 10.7. The fraction of sp³-hybridized carbons (Fsp3) is 0.545. The molecule has 2 heterocycles. The lowest BCUT2D eigenvalue weighted by Crippen LogP contribution is -3.15. The molecule has 1 aromatic heterocycles. The zero-order chi connectivity index (χ0) is 13.9. The number of nitrogens with zero attached hydrogens (tertiary/aromatic N) is 1. The van der Waals surface area contributed by atoms with Crippen molar-refractivity contribution in [2.75, 3.05) is 44.2 Å². The van der Waals surface area contributed by atoms with E-state index in [1.54, 1.807) is 6.07 Å². The fourth-order valence-electron chi connectivity index (χ4n) is 2.25. The highest BCUT2D eigenvalue weighted by molar-refractivity contribution is 7.89. The van der Waals surface area contributed by atoms with Gasteiger partial charge in [0.15, 0.2) is 0 Å². The minimum absolute atomic E-state index is 0.0841. The van der Waals surface area contributed by atoms with Gasteiger partial charge >= 0.3 is 0 Å². The number of anilines is 1. The minimum atomic E-state index is -3.65. The zero-order valence-corrected chi connectivity index (χ0v) is 11.5. The highest BCUT2D eigenvalue weighted by atomic mass is 32.2. The Balaban J connectivity index is 2.00. The number of pyridine rings is 1. The Morgan fingerprint density at radius 1 is 1.37 bits per heavy atom. The number of quaternary nitrogens is 1. The predicted octanol–water partition coefficient (Wildman–Crippen LogP) is -3.15. The Bertz CT molecular complexity index is 509. The normalized spacial score (nSPS) is 17.7. The van der Waals surface area contributed by atoms with Gasteiger partial charge in [-0.2, -0.15) is 0 Å². The van der Waals surface area contributed by atoms with E-state index in [2.05, 4.69) is 9.88 Å². The van der Waals surface area contributed by atoms with Crippen LogP contribution < -0.4 is 19.9 Å². The van der Waals surface area contributed by atoms with E-state index < -0.39 is 10.0 Å². The molecule has 8 heteroatoms. The Hall–Kier alpha value is -1.22. The van der Waals surface area contributed by atoms with Crippen LogP contribution in [0.5, 0.6) is 0 Å². The number of H-pyrrole nitrogens is 1. The number of piperazine rings is 1. The van der Waals surface area contributed by atoms with Crippen LogP contribution in [0.2, 0.25) is 0 Å². The Labute approximate surface area is 112 Å². The van der Waals surface area contributed by atoms with Crippen molar-refractivity contribution < 1.29 is 23.4 Å². The molecule has 7 nitrogen and oxygen atoms in total. The van der Waals surface area contributed by atoms with Crippen molar-refractivity contribution in [1.82, 2.24) is 0 Å². The molecule has 0 aromatic carbocycles. The van der Waals surface area contributed by atoms with Crippen molar-refractivity contribution in [3.8, 4) is 0 Å². The molecule has 0 bridgehead atoms. The van der Waals surface area contributed by atoms with Gasteiger partial charge in [0.05, 0.1) is 6.61 Å². The van der Waals surface area contributed by atoms with Crippen molar-refractivity contribution in [3.05, 3.63) is 18.3 Å². The number of nitrogens with one attached hydrogen (secondary N) is 2. The van der Waals surface area contributed by atoms with Crippen LogP contribution >= 0.6 is 0 Å². The number of sulfonamides is 1. The molecule has 19 heavy (non-hydrogen) atoms. The summed E-state index contributed by atoms with van der Waals surface area (Å²) in [5, 5.41) is 13.9. The molecule has 0 radical (unpaired) electrons. The number of nitrogens with two attached hydrogens (primary N) is 1. The number of hydrogen-bond donors (Lipinski definition) is 3. The second-order valence-corrected chi connectivity index (χ2v) is 6.23. The molecule has 1 fully saturated rings. The highest BCUT2D eigenvalue weighted by Gasteiger charge is 2.25. The number of aromatic nitrogens is 1. The topological polar surface area (TPSA) is 102 Å². The maximum atomic E-state index is 11.2. The van der Waals surface area contributed by atoms with Crippen LogP contribution in [0.15, 0.2) is 23.2 Å². The molecule has 0 aliphatic carbocycles. The maximum Gasteiger partial charge on any atom is 0.274 e. The van der Waals surface area contributed by atoms with Gasteiger partial charge in [-0.05, 0) is 6.07 Å². The second kappa shape index (κ2) is 5.83. The third-order valence-electron chi connectivity index (χ3n) is 3.37. The standard InChI is InChI=1S/C11H18N4O3S/c12-19(17,18)10-1-2-11(13-9-10)15-5-3-14(4-6-15)7-8-16/h1-2,9,16H,3-8H2,(H2,12,17,18)/p+2. The van der Waals surface area contributed by atoms with Crippen molar-refractivity contribution in [2.45, 2.75) is 4.90 Å². The lowest BCUT2D eigenvalue weighted by molar-refractivity contribution is -0.901. The quantitative estimate of drug-likeness (QED) is 0.544. The van der Waals surface area contributed by atoms with Crippen molar-refractivity contribution in [1.29, 1.82) is 0 Å². The van der Waals surface area contributed by atoms with Gasteiger partial charge in [-0.15, -0.1) is 0 Å². The van der Waals surface area contributed by atoms with E-state index in [0.717, 1.165) is 38.5 Å². The van der Waals surface area contributed by atoms with Gasteiger partial charge in [-0.1, -0.05) is 0 Å². The number of aromatic amines is 1. The lowest BCUT2D eigenvalue weighted by atomic mass is 10.3. The maximum absolute atomic E-state index is 11.2. The summed E-state index contributed by atoms with van der Waals surface area (Å²) in [5.74, 6) is 0.885. The van der Waals surface area contributed by atoms with Crippen LogP contribution in [0.25, 0.3) is 0 Å². The van der Waals surface area contributed by atoms with E-state index in [4.69, 9.17) is 10.2 Å². The van der Waals surface area contributed by atoms with E-state index in [-0.39, 0.29) is 11.5 Å². The summed E-state index contributed by atoms with van der Waals surface area (Å²) in [4.78, 5) is 6.60. The number of rotatable bonds is 4. The third kappa shape index (κ3) is 3.63. The van der Waals surface area contributed by atoms with Gasteiger partial charge in [0, 0.05) is 6.07 Å². The molecule has 0 saturated carbocycles. The third-order valence-corrected chi connectivity index (χ3v) is 4.28. The first-order valence-corrected chi connectivity index (χ1v) is 7.79. The first-order valence-electron chi connectivity index (χ1n) is 6.24. The molecule has 0 unspecified atom stereocenters. The molecule has 0 amide bonds. The SMILES string of the molecule is NS(=O)(=O)c1ccc(N2CC[NH+](CCO)CC2)[nH+]c1. The van der Waals surface area contributed by atoms with Crippen LogP contribution in [0.4, 0.5) is 5.82 Å². The first-order chi connectivity index (χ1) is 9.00. The van der Waals surface area contributed by atoms with Gasteiger partial charge in [0.2, 0.25) is 10.0 Å². The van der Waals surface area contributed by atoms with Crippen LogP contribution in [0, 0.1) is 0 Å². The fourth-order valence-corrected chi connectivity index (χ4v) is 2.73. The Morgan fingerprint density at radius 2 is 2.05 bits per heavy atom. The molecule has 1 aliphatic rings. The van der Waals surface area contributed by atoms with Crippen LogP contribution in [0.1, 0.15) is 0 Å². The second-order valence-electron chi connectivity index (χ2n) is 4.67. The summed E-state index contributed by atoms with van der Waals surface area (Å²) in [5.41, 5.74) is 0. The van der Waals surface area contributed by atoms with E-state index >= 15 is 0 Å². The summed E-state index contributed by atoms with van der Waals surface area (Å²) in [6, 6.07) is 3.24. The molecule has 1 aromatic rings. The molecule has 106 valence electrons. The summed E-state index contributed by atoms with van der Waals surface area (Å²) in [7, 11) is -3.65. The predicted molar refractivity (Wildman–Crippen MR) is 69.2 cm³/mol. The molecule has 0 atom stereocenters. The van der Waals surface area contributed by atoms with Gasteiger partial charge in [0.1, 0.15) is 43.8 Å². The van der Waals surface area contributed by atoms with Crippen molar-refractivity contribution in [2.24, 2.45) is 5.14 Å². The van der Waals surface area contributed by atoms with E-state index in [0.29, 0.717) is 0 Å². The lowest BCUT2D eigenvalue weighted by Gasteiger charge is -2.27. The van der Waals surface area contributed by atoms with Gasteiger partial charge in [0.25, 0.3) is 5.82 Å².